The average Bonchev–Trinajstić information content (AvgIpc) is 2.87. The van der Waals surface area contributed by atoms with Gasteiger partial charge < -0.3 is 14.0 Å². The Hall–Kier alpha value is -1.77. The summed E-state index contributed by atoms with van der Waals surface area (Å²) in [4.78, 5) is 4.51. The number of imidazole rings is 1. The van der Waals surface area contributed by atoms with Crippen LogP contribution in [0.3, 0.4) is 0 Å². The predicted molar refractivity (Wildman–Crippen MR) is 93.1 cm³/mol. The van der Waals surface area contributed by atoms with Crippen LogP contribution in [0.1, 0.15) is 17.0 Å². The van der Waals surface area contributed by atoms with Crippen molar-refractivity contribution in [1.29, 1.82) is 0 Å². The quantitative estimate of drug-likeness (QED) is 0.537. The van der Waals surface area contributed by atoms with E-state index in [-0.39, 0.29) is 30.3 Å². The molecule has 4 nitrogen and oxygen atoms in total. The summed E-state index contributed by atoms with van der Waals surface area (Å²) in [5.41, 5.74) is 2.12. The van der Waals surface area contributed by atoms with E-state index >= 15 is 0 Å². The van der Waals surface area contributed by atoms with Crippen molar-refractivity contribution in [1.82, 2.24) is 9.55 Å². The molecule has 2 heterocycles. The molecule has 0 unspecified atom stereocenters. The van der Waals surface area contributed by atoms with Gasteiger partial charge in [0.15, 0.2) is 11.6 Å². The molecule has 0 aliphatic carbocycles. The van der Waals surface area contributed by atoms with E-state index in [2.05, 4.69) is 25.7 Å². The Morgan fingerprint density at radius 2 is 2.04 bits per heavy atom. The fourth-order valence-corrected chi connectivity index (χ4v) is 3.68. The number of rotatable bonds is 2. The zero-order chi connectivity index (χ0) is 18.4. The van der Waals surface area contributed by atoms with Crippen molar-refractivity contribution in [3.63, 3.8) is 0 Å². The number of aromatic nitrogens is 2. The highest BCUT2D eigenvalue weighted by Gasteiger charge is 2.25. The van der Waals surface area contributed by atoms with Gasteiger partial charge in [0.05, 0.1) is 24.2 Å². The van der Waals surface area contributed by atoms with E-state index in [0.29, 0.717) is 16.9 Å². The lowest BCUT2D eigenvalue weighted by molar-refractivity contribution is -0.0531. The number of benzene rings is 2. The molecule has 0 saturated heterocycles. The van der Waals surface area contributed by atoms with Gasteiger partial charge >= 0.3 is 6.61 Å². The number of hydrogen-bond donors (Lipinski definition) is 0. The summed E-state index contributed by atoms with van der Waals surface area (Å²) in [7, 11) is 0. The Bertz CT molecular complexity index is 1010. The van der Waals surface area contributed by atoms with Gasteiger partial charge in [0.25, 0.3) is 0 Å². The summed E-state index contributed by atoms with van der Waals surface area (Å²) in [6.45, 7) is -2.82. The van der Waals surface area contributed by atoms with E-state index in [1.807, 2.05) is 18.2 Å². The highest BCUT2D eigenvalue weighted by Crippen LogP contribution is 2.36. The van der Waals surface area contributed by atoms with Crippen molar-refractivity contribution in [3.05, 3.63) is 56.5 Å². The molecule has 3 aromatic rings. The van der Waals surface area contributed by atoms with E-state index < -0.39 is 18.2 Å². The van der Waals surface area contributed by atoms with Crippen molar-refractivity contribution < 1.29 is 22.6 Å². The standard InChI is InChI=1S/C17H11BrClF3N2O2/c18-8-1-2-13-14(3-8)24-5-9-10(6-25-7-15(24)23-13)11(19)4-12(20)16(9)26-17(21)22/h1-4,17H,5-7H2. The molecule has 1 aliphatic rings. The first-order valence-corrected chi connectivity index (χ1v) is 8.78. The third-order valence-corrected chi connectivity index (χ3v) is 5.02. The van der Waals surface area contributed by atoms with Crippen LogP contribution >= 0.6 is 27.5 Å². The van der Waals surface area contributed by atoms with Crippen LogP contribution in [-0.2, 0) is 24.5 Å². The topological polar surface area (TPSA) is 36.3 Å². The molecule has 0 bridgehead atoms. The van der Waals surface area contributed by atoms with Gasteiger partial charge in [-0.25, -0.2) is 9.37 Å². The zero-order valence-corrected chi connectivity index (χ0v) is 15.5. The minimum Gasteiger partial charge on any atom is -0.431 e. The molecule has 0 amide bonds. The highest BCUT2D eigenvalue weighted by atomic mass is 79.9. The Balaban J connectivity index is 1.94. The minimum atomic E-state index is -3.16. The maximum Gasteiger partial charge on any atom is 0.387 e. The largest absolute Gasteiger partial charge is 0.431 e. The van der Waals surface area contributed by atoms with Crippen molar-refractivity contribution in [2.24, 2.45) is 0 Å². The monoisotopic (exact) mass is 446 g/mol. The van der Waals surface area contributed by atoms with Gasteiger partial charge in [-0.3, -0.25) is 0 Å². The van der Waals surface area contributed by atoms with Crippen LogP contribution in [0, 0.1) is 5.82 Å². The molecule has 0 N–H and O–H groups in total. The molecule has 136 valence electrons. The number of alkyl halides is 2. The molecule has 4 rings (SSSR count). The smallest absolute Gasteiger partial charge is 0.387 e. The zero-order valence-electron chi connectivity index (χ0n) is 13.1. The summed E-state index contributed by atoms with van der Waals surface area (Å²) in [5.74, 6) is -0.860. The van der Waals surface area contributed by atoms with E-state index in [1.165, 1.54) is 0 Å². The molecular formula is C17H11BrClF3N2O2. The summed E-state index contributed by atoms with van der Waals surface area (Å²) >= 11 is 9.54. The number of fused-ring (bicyclic) bond motifs is 4. The molecule has 0 spiro atoms. The molecule has 0 atom stereocenters. The first-order valence-electron chi connectivity index (χ1n) is 7.61. The third-order valence-electron chi connectivity index (χ3n) is 4.19. The van der Waals surface area contributed by atoms with Gasteiger partial charge in [0.2, 0.25) is 0 Å². The lowest BCUT2D eigenvalue weighted by Crippen LogP contribution is -2.16. The van der Waals surface area contributed by atoms with Crippen LogP contribution in [0.5, 0.6) is 5.75 Å². The van der Waals surface area contributed by atoms with Crippen molar-refractivity contribution in [3.8, 4) is 5.75 Å². The molecule has 9 heteroatoms. The van der Waals surface area contributed by atoms with Gasteiger partial charge in [-0.15, -0.1) is 0 Å². The Kier molecular flexibility index (Phi) is 4.58. The van der Waals surface area contributed by atoms with Gasteiger partial charge in [-0.05, 0) is 24.3 Å². The summed E-state index contributed by atoms with van der Waals surface area (Å²) in [6, 6.07) is 6.49. The second kappa shape index (κ2) is 6.75. The van der Waals surface area contributed by atoms with Crippen molar-refractivity contribution >= 4 is 38.6 Å². The molecule has 0 saturated carbocycles. The lowest BCUT2D eigenvalue weighted by atomic mass is 10.1. The maximum atomic E-state index is 14.3. The normalized spacial score (nSPS) is 14.1. The molecule has 1 aromatic heterocycles. The third kappa shape index (κ3) is 3.06. The van der Waals surface area contributed by atoms with E-state index in [0.717, 1.165) is 16.1 Å². The molecule has 0 fully saturated rings. The molecule has 26 heavy (non-hydrogen) atoms. The molecule has 0 radical (unpaired) electrons. The van der Waals surface area contributed by atoms with Gasteiger partial charge in [0.1, 0.15) is 12.4 Å². The fraction of sp³-hybridized carbons (Fsp3) is 0.235. The maximum absolute atomic E-state index is 14.3. The average molecular weight is 448 g/mol. The van der Waals surface area contributed by atoms with Crippen LogP contribution < -0.4 is 4.74 Å². The van der Waals surface area contributed by atoms with Crippen LogP contribution in [0.2, 0.25) is 5.02 Å². The van der Waals surface area contributed by atoms with Crippen molar-refractivity contribution in [2.45, 2.75) is 26.4 Å². The summed E-state index contributed by atoms with van der Waals surface area (Å²) < 4.78 is 52.6. The summed E-state index contributed by atoms with van der Waals surface area (Å²) in [6.07, 6.45) is 0. The number of hydrogen-bond acceptors (Lipinski definition) is 3. The van der Waals surface area contributed by atoms with E-state index in [1.54, 1.807) is 4.57 Å². The van der Waals surface area contributed by atoms with E-state index in [4.69, 9.17) is 16.3 Å². The number of nitrogens with zero attached hydrogens (tertiary/aromatic N) is 2. The molecular weight excluding hydrogens is 437 g/mol. The summed E-state index contributed by atoms with van der Waals surface area (Å²) in [5, 5.41) is 0.105. The van der Waals surface area contributed by atoms with E-state index in [9.17, 15) is 13.2 Å². The molecule has 1 aliphatic heterocycles. The minimum absolute atomic E-state index is 0.0426. The number of ether oxygens (including phenoxy) is 2. The van der Waals surface area contributed by atoms with Crippen LogP contribution in [0.15, 0.2) is 28.7 Å². The Morgan fingerprint density at radius 3 is 2.81 bits per heavy atom. The van der Waals surface area contributed by atoms with Crippen LogP contribution in [0.25, 0.3) is 11.0 Å². The SMILES string of the molecule is Fc1cc(Cl)c2c(c1OC(F)F)Cn1c(nc3ccc(Br)cc31)COC2. The van der Waals surface area contributed by atoms with Gasteiger partial charge in [-0.1, -0.05) is 27.5 Å². The highest BCUT2D eigenvalue weighted by molar-refractivity contribution is 9.10. The Morgan fingerprint density at radius 1 is 1.23 bits per heavy atom. The van der Waals surface area contributed by atoms with Crippen LogP contribution in [0.4, 0.5) is 13.2 Å². The van der Waals surface area contributed by atoms with Crippen molar-refractivity contribution in [2.75, 3.05) is 0 Å². The Labute approximate surface area is 159 Å². The van der Waals surface area contributed by atoms with Crippen LogP contribution in [-0.4, -0.2) is 16.2 Å². The first-order chi connectivity index (χ1) is 12.4. The number of halogens is 5. The van der Waals surface area contributed by atoms with Gasteiger partial charge in [0, 0.05) is 20.6 Å². The lowest BCUT2D eigenvalue weighted by Gasteiger charge is -2.21. The predicted octanol–water partition coefficient (Wildman–Crippen LogP) is 5.27. The fourth-order valence-electron chi connectivity index (χ4n) is 3.06. The second-order valence-electron chi connectivity index (χ2n) is 5.74. The molecule has 2 aromatic carbocycles. The van der Waals surface area contributed by atoms with Gasteiger partial charge in [-0.2, -0.15) is 8.78 Å². The second-order valence-corrected chi connectivity index (χ2v) is 7.07. The first kappa shape index (κ1) is 17.6.